The number of fused-ring (bicyclic) bond motifs is 1. The smallest absolute Gasteiger partial charge is 0.350 e. The van der Waals surface area contributed by atoms with Crippen molar-refractivity contribution in [3.8, 4) is 6.07 Å². The van der Waals surface area contributed by atoms with Crippen LogP contribution in [0.15, 0.2) is 30.0 Å². The Hall–Kier alpha value is -2.46. The lowest BCUT2D eigenvalue weighted by Crippen LogP contribution is -2.07. The normalized spacial score (nSPS) is 11.2. The van der Waals surface area contributed by atoms with Crippen LogP contribution in [-0.4, -0.2) is 17.6 Å². The third-order valence-electron chi connectivity index (χ3n) is 2.31. The monoisotopic (exact) mass is 291 g/mol. The van der Waals surface area contributed by atoms with Gasteiger partial charge in [0.1, 0.15) is 11.9 Å². The summed E-state index contributed by atoms with van der Waals surface area (Å²) in [5, 5.41) is 12.1. The van der Waals surface area contributed by atoms with Crippen LogP contribution < -0.4 is 5.32 Å². The first kappa shape index (κ1) is 14.0. The predicted octanol–water partition coefficient (Wildman–Crippen LogP) is 2.82. The van der Waals surface area contributed by atoms with Gasteiger partial charge >= 0.3 is 5.97 Å². The minimum atomic E-state index is -0.699. The Morgan fingerprint density at radius 3 is 3.15 bits per heavy atom. The van der Waals surface area contributed by atoms with Crippen LogP contribution in [0.2, 0.25) is 0 Å². The number of hydrogen-bond donors (Lipinski definition) is 1. The molecule has 0 bridgehead atoms. The number of nitriles is 1. The van der Waals surface area contributed by atoms with Gasteiger partial charge in [-0.15, -0.1) is 0 Å². The molecule has 2 rings (SSSR count). The van der Waals surface area contributed by atoms with Gasteiger partial charge in [-0.1, -0.05) is 11.3 Å². The molecule has 0 atom stereocenters. The number of carbonyl (C=O) groups is 1. The molecule has 0 spiro atoms. The molecule has 102 valence electrons. The van der Waals surface area contributed by atoms with Crippen molar-refractivity contribution in [3.05, 3.63) is 35.8 Å². The summed E-state index contributed by atoms with van der Waals surface area (Å²) in [5.74, 6) is -1.04. The highest BCUT2D eigenvalue weighted by Crippen LogP contribution is 2.26. The zero-order valence-corrected chi connectivity index (χ0v) is 11.3. The molecular formula is C13H10FN3O2S. The van der Waals surface area contributed by atoms with E-state index in [1.54, 1.807) is 19.1 Å². The van der Waals surface area contributed by atoms with Crippen LogP contribution in [0.3, 0.4) is 0 Å². The van der Waals surface area contributed by atoms with Gasteiger partial charge in [-0.2, -0.15) is 5.26 Å². The Morgan fingerprint density at radius 1 is 1.65 bits per heavy atom. The molecule has 0 saturated carbocycles. The van der Waals surface area contributed by atoms with E-state index in [4.69, 9.17) is 10.00 Å². The van der Waals surface area contributed by atoms with Gasteiger partial charge in [-0.05, 0) is 25.1 Å². The summed E-state index contributed by atoms with van der Waals surface area (Å²) in [6.07, 6.45) is 1.23. The van der Waals surface area contributed by atoms with E-state index in [1.807, 2.05) is 0 Å². The topological polar surface area (TPSA) is 75.0 Å². The molecule has 1 aromatic heterocycles. The maximum atomic E-state index is 13.0. The summed E-state index contributed by atoms with van der Waals surface area (Å²) in [4.78, 5) is 15.6. The van der Waals surface area contributed by atoms with Gasteiger partial charge in [0.25, 0.3) is 0 Å². The Kier molecular flexibility index (Phi) is 4.27. The summed E-state index contributed by atoms with van der Waals surface area (Å²) in [6.45, 7) is 1.85. The number of nitrogens with one attached hydrogen (secondary N) is 1. The van der Waals surface area contributed by atoms with E-state index < -0.39 is 5.97 Å². The van der Waals surface area contributed by atoms with Crippen molar-refractivity contribution in [1.29, 1.82) is 5.26 Å². The average molecular weight is 291 g/mol. The molecule has 7 heteroatoms. The average Bonchev–Trinajstić information content (AvgIpc) is 2.81. The zero-order valence-electron chi connectivity index (χ0n) is 10.5. The number of halogens is 1. The molecular weight excluding hydrogens is 281 g/mol. The molecule has 0 radical (unpaired) electrons. The van der Waals surface area contributed by atoms with E-state index in [2.05, 4.69) is 10.3 Å². The van der Waals surface area contributed by atoms with Crippen molar-refractivity contribution in [2.24, 2.45) is 0 Å². The standard InChI is InChI=1S/C13H10FN3O2S/c1-2-19-12(18)8(6-15)7-16-13-17-10-4-3-9(14)5-11(10)20-13/h3-5,7H,2H2,1H3,(H,16,17)/b8-7-. The minimum Gasteiger partial charge on any atom is -0.462 e. The second-order valence-corrected chi connectivity index (χ2v) is 4.70. The van der Waals surface area contributed by atoms with Crippen molar-refractivity contribution < 1.29 is 13.9 Å². The maximum Gasteiger partial charge on any atom is 0.350 e. The van der Waals surface area contributed by atoms with Gasteiger partial charge < -0.3 is 10.1 Å². The molecule has 1 aromatic carbocycles. The van der Waals surface area contributed by atoms with E-state index in [0.717, 1.165) is 0 Å². The van der Waals surface area contributed by atoms with Gasteiger partial charge in [0, 0.05) is 6.20 Å². The number of rotatable bonds is 4. The number of benzene rings is 1. The summed E-state index contributed by atoms with van der Waals surface area (Å²) in [7, 11) is 0. The van der Waals surface area contributed by atoms with Crippen LogP contribution in [-0.2, 0) is 9.53 Å². The number of esters is 1. The Morgan fingerprint density at radius 2 is 2.45 bits per heavy atom. The largest absolute Gasteiger partial charge is 0.462 e. The highest BCUT2D eigenvalue weighted by atomic mass is 32.1. The van der Waals surface area contributed by atoms with Crippen molar-refractivity contribution in [2.45, 2.75) is 6.92 Å². The van der Waals surface area contributed by atoms with Gasteiger partial charge in [0.15, 0.2) is 10.7 Å². The Labute approximate surface area is 118 Å². The van der Waals surface area contributed by atoms with Gasteiger partial charge in [0.05, 0.1) is 16.8 Å². The first-order valence-corrected chi connectivity index (χ1v) is 6.55. The van der Waals surface area contributed by atoms with Crippen LogP contribution >= 0.6 is 11.3 Å². The highest BCUT2D eigenvalue weighted by molar-refractivity contribution is 7.22. The number of anilines is 1. The molecule has 0 fully saturated rings. The van der Waals surface area contributed by atoms with Crippen LogP contribution in [0.1, 0.15) is 6.92 Å². The maximum absolute atomic E-state index is 13.0. The molecule has 1 N–H and O–H groups in total. The Bertz CT molecular complexity index is 718. The molecule has 0 aliphatic rings. The Balaban J connectivity index is 2.19. The van der Waals surface area contributed by atoms with E-state index in [-0.39, 0.29) is 18.0 Å². The first-order valence-electron chi connectivity index (χ1n) is 5.74. The lowest BCUT2D eigenvalue weighted by atomic mass is 10.3. The molecule has 1 heterocycles. The van der Waals surface area contributed by atoms with Gasteiger partial charge in [0.2, 0.25) is 0 Å². The fourth-order valence-electron chi connectivity index (χ4n) is 1.44. The van der Waals surface area contributed by atoms with Crippen molar-refractivity contribution in [3.63, 3.8) is 0 Å². The molecule has 5 nitrogen and oxygen atoms in total. The highest BCUT2D eigenvalue weighted by Gasteiger charge is 2.10. The van der Waals surface area contributed by atoms with Gasteiger partial charge in [-0.3, -0.25) is 0 Å². The number of thiazole rings is 1. The molecule has 0 amide bonds. The van der Waals surface area contributed by atoms with Crippen molar-refractivity contribution in [2.75, 3.05) is 11.9 Å². The zero-order chi connectivity index (χ0) is 14.5. The summed E-state index contributed by atoms with van der Waals surface area (Å²) < 4.78 is 18.4. The quantitative estimate of drug-likeness (QED) is 0.532. The molecule has 0 saturated heterocycles. The second kappa shape index (κ2) is 6.12. The fourth-order valence-corrected chi connectivity index (χ4v) is 2.30. The summed E-state index contributed by atoms with van der Waals surface area (Å²) in [5.41, 5.74) is 0.485. The summed E-state index contributed by atoms with van der Waals surface area (Å²) in [6, 6.07) is 6.00. The second-order valence-electron chi connectivity index (χ2n) is 3.67. The van der Waals surface area contributed by atoms with Crippen LogP contribution in [0.25, 0.3) is 10.2 Å². The lowest BCUT2D eigenvalue weighted by Gasteiger charge is -1.99. The molecule has 0 aliphatic carbocycles. The third-order valence-corrected chi connectivity index (χ3v) is 3.26. The number of hydrogen-bond acceptors (Lipinski definition) is 6. The first-order chi connectivity index (χ1) is 9.63. The number of nitrogens with zero attached hydrogens (tertiary/aromatic N) is 2. The molecule has 20 heavy (non-hydrogen) atoms. The lowest BCUT2D eigenvalue weighted by molar-refractivity contribution is -0.138. The molecule has 2 aromatic rings. The number of aromatic nitrogens is 1. The SMILES string of the molecule is CCOC(=O)/C(C#N)=C\Nc1nc2ccc(F)cc2s1. The third kappa shape index (κ3) is 3.10. The van der Waals surface area contributed by atoms with Crippen molar-refractivity contribution >= 4 is 32.7 Å². The molecule has 0 unspecified atom stereocenters. The number of carbonyl (C=O) groups excluding carboxylic acids is 1. The van der Waals surface area contributed by atoms with E-state index in [0.29, 0.717) is 15.3 Å². The summed E-state index contributed by atoms with van der Waals surface area (Å²) >= 11 is 1.22. The number of ether oxygens (including phenoxy) is 1. The minimum absolute atomic E-state index is 0.155. The fraction of sp³-hybridized carbons (Fsp3) is 0.154. The van der Waals surface area contributed by atoms with E-state index >= 15 is 0 Å². The van der Waals surface area contributed by atoms with Crippen LogP contribution in [0.4, 0.5) is 9.52 Å². The van der Waals surface area contributed by atoms with Gasteiger partial charge in [-0.25, -0.2) is 14.2 Å². The van der Waals surface area contributed by atoms with E-state index in [1.165, 1.54) is 29.7 Å². The molecule has 0 aliphatic heterocycles. The van der Waals surface area contributed by atoms with Crippen LogP contribution in [0, 0.1) is 17.1 Å². The predicted molar refractivity (Wildman–Crippen MR) is 73.5 cm³/mol. The van der Waals surface area contributed by atoms with Crippen molar-refractivity contribution in [1.82, 2.24) is 4.98 Å². The van der Waals surface area contributed by atoms with E-state index in [9.17, 15) is 9.18 Å². The van der Waals surface area contributed by atoms with Crippen LogP contribution in [0.5, 0.6) is 0 Å².